The van der Waals surface area contributed by atoms with Crippen LogP contribution in [-0.4, -0.2) is 60.8 Å². The summed E-state index contributed by atoms with van der Waals surface area (Å²) in [6.07, 6.45) is -0.143. The second-order valence-electron chi connectivity index (χ2n) is 4.56. The van der Waals surface area contributed by atoms with Gasteiger partial charge in [-0.05, 0) is 11.6 Å². The summed E-state index contributed by atoms with van der Waals surface area (Å²) in [5.41, 5.74) is 0. The molecule has 104 valence electrons. The molecular weight excluding hydrogens is 268 g/mol. The van der Waals surface area contributed by atoms with Crippen molar-refractivity contribution in [1.29, 1.82) is 0 Å². The second kappa shape index (κ2) is 5.96. The van der Waals surface area contributed by atoms with Gasteiger partial charge in [-0.3, -0.25) is 0 Å². The van der Waals surface area contributed by atoms with Crippen molar-refractivity contribution in [3.8, 4) is 0 Å². The van der Waals surface area contributed by atoms with E-state index in [1.807, 2.05) is 0 Å². The summed E-state index contributed by atoms with van der Waals surface area (Å²) in [5.74, 6) is 1.26. The van der Waals surface area contributed by atoms with Crippen LogP contribution in [-0.2, 0) is 4.74 Å². The molecule has 0 aliphatic carbocycles. The van der Waals surface area contributed by atoms with Gasteiger partial charge in [0, 0.05) is 39.3 Å². The summed E-state index contributed by atoms with van der Waals surface area (Å²) in [4.78, 5) is 15.0. The molecule has 8 heteroatoms. The molecule has 0 saturated carbocycles. The Kier molecular flexibility index (Phi) is 4.07. The number of morpholine rings is 1. The minimum absolute atomic E-state index is 0.143. The molecule has 1 atom stereocenters. The van der Waals surface area contributed by atoms with Gasteiger partial charge in [0.2, 0.25) is 11.2 Å². The number of hydrogen-bond acceptors (Lipinski definition) is 7. The van der Waals surface area contributed by atoms with Gasteiger partial charge < -0.3 is 20.3 Å². The third-order valence-electron chi connectivity index (χ3n) is 3.23. The van der Waals surface area contributed by atoms with Crippen molar-refractivity contribution in [3.63, 3.8) is 0 Å². The van der Waals surface area contributed by atoms with E-state index in [4.69, 9.17) is 16.3 Å². The summed E-state index contributed by atoms with van der Waals surface area (Å²) in [6, 6.07) is 0. The minimum Gasteiger partial charge on any atom is -0.368 e. The molecular formula is C11H17ClN6O. The summed E-state index contributed by atoms with van der Waals surface area (Å²) < 4.78 is 5.66. The number of nitrogens with one attached hydrogen (secondary N) is 2. The first-order valence-electron chi connectivity index (χ1n) is 6.52. The van der Waals surface area contributed by atoms with Crippen molar-refractivity contribution in [1.82, 2.24) is 25.6 Å². The van der Waals surface area contributed by atoms with Gasteiger partial charge in [-0.2, -0.15) is 15.0 Å². The topological polar surface area (TPSA) is 75.2 Å². The van der Waals surface area contributed by atoms with Crippen LogP contribution in [0.4, 0.5) is 5.95 Å². The Bertz CT molecular complexity index is 397. The molecule has 2 aliphatic heterocycles. The van der Waals surface area contributed by atoms with E-state index < -0.39 is 0 Å². The summed E-state index contributed by atoms with van der Waals surface area (Å²) >= 11 is 6.01. The first kappa shape index (κ1) is 13.0. The molecule has 0 spiro atoms. The molecule has 0 amide bonds. The zero-order valence-electron chi connectivity index (χ0n) is 10.6. The quantitative estimate of drug-likeness (QED) is 0.765. The first-order chi connectivity index (χ1) is 9.33. The largest absolute Gasteiger partial charge is 0.368 e. The van der Waals surface area contributed by atoms with Crippen LogP contribution in [0.25, 0.3) is 0 Å². The zero-order chi connectivity index (χ0) is 13.1. The molecule has 1 aromatic rings. The van der Waals surface area contributed by atoms with Crippen LogP contribution in [0.5, 0.6) is 0 Å². The van der Waals surface area contributed by atoms with Gasteiger partial charge in [0.05, 0.1) is 6.61 Å². The molecule has 2 aliphatic rings. The maximum atomic E-state index is 6.01. The van der Waals surface area contributed by atoms with Crippen molar-refractivity contribution in [2.45, 2.75) is 6.10 Å². The Morgan fingerprint density at radius 3 is 2.68 bits per heavy atom. The monoisotopic (exact) mass is 284 g/mol. The molecule has 2 N–H and O–H groups in total. The lowest BCUT2D eigenvalue weighted by Gasteiger charge is -2.28. The predicted molar refractivity (Wildman–Crippen MR) is 71.5 cm³/mol. The molecule has 2 fully saturated rings. The third kappa shape index (κ3) is 3.11. The molecule has 3 rings (SSSR count). The first-order valence-corrected chi connectivity index (χ1v) is 6.90. The molecule has 2 saturated heterocycles. The van der Waals surface area contributed by atoms with Crippen LogP contribution in [0.2, 0.25) is 5.28 Å². The molecule has 7 nitrogen and oxygen atoms in total. The van der Waals surface area contributed by atoms with Crippen LogP contribution < -0.4 is 15.5 Å². The Morgan fingerprint density at radius 2 is 1.95 bits per heavy atom. The van der Waals surface area contributed by atoms with E-state index in [2.05, 4.69) is 30.5 Å². The Hall–Kier alpha value is -1.02. The standard InChI is InChI=1S/C11H17ClN6O/c12-10-15-9(8-7-14-3-6-19-8)16-11(17-10)18-4-1-13-2-5-18/h8,13-14H,1-7H2. The van der Waals surface area contributed by atoms with Gasteiger partial charge in [0.1, 0.15) is 6.10 Å². The van der Waals surface area contributed by atoms with Gasteiger partial charge in [0.15, 0.2) is 5.82 Å². The fraction of sp³-hybridized carbons (Fsp3) is 0.727. The predicted octanol–water partition coefficient (Wildman–Crippen LogP) is -0.404. The number of anilines is 1. The van der Waals surface area contributed by atoms with Crippen molar-refractivity contribution in [2.24, 2.45) is 0 Å². The molecule has 3 heterocycles. The van der Waals surface area contributed by atoms with Crippen molar-refractivity contribution >= 4 is 17.5 Å². The van der Waals surface area contributed by atoms with E-state index in [0.29, 0.717) is 24.9 Å². The molecule has 19 heavy (non-hydrogen) atoms. The van der Waals surface area contributed by atoms with E-state index in [1.54, 1.807) is 0 Å². The molecule has 0 aromatic carbocycles. The number of nitrogens with zero attached hydrogens (tertiary/aromatic N) is 4. The fourth-order valence-corrected chi connectivity index (χ4v) is 2.40. The van der Waals surface area contributed by atoms with Gasteiger partial charge >= 0.3 is 0 Å². The SMILES string of the molecule is Clc1nc(C2CNCCO2)nc(N2CCNCC2)n1. The number of halogens is 1. The highest BCUT2D eigenvalue weighted by atomic mass is 35.5. The fourth-order valence-electron chi connectivity index (χ4n) is 2.24. The second-order valence-corrected chi connectivity index (χ2v) is 4.90. The van der Waals surface area contributed by atoms with Gasteiger partial charge in [-0.1, -0.05) is 0 Å². The lowest BCUT2D eigenvalue weighted by molar-refractivity contribution is 0.0220. The third-order valence-corrected chi connectivity index (χ3v) is 3.40. The number of piperazine rings is 1. The molecule has 0 radical (unpaired) electrons. The maximum absolute atomic E-state index is 6.01. The van der Waals surface area contributed by atoms with E-state index in [0.717, 1.165) is 32.7 Å². The highest BCUT2D eigenvalue weighted by Gasteiger charge is 2.22. The lowest BCUT2D eigenvalue weighted by Crippen LogP contribution is -2.44. The Balaban J connectivity index is 1.82. The minimum atomic E-state index is -0.143. The van der Waals surface area contributed by atoms with Gasteiger partial charge in [0.25, 0.3) is 0 Å². The highest BCUT2D eigenvalue weighted by molar-refractivity contribution is 6.28. The number of aromatic nitrogens is 3. The normalized spacial score (nSPS) is 24.5. The summed E-state index contributed by atoms with van der Waals surface area (Å²) in [7, 11) is 0. The number of rotatable bonds is 2. The maximum Gasteiger partial charge on any atom is 0.230 e. The summed E-state index contributed by atoms with van der Waals surface area (Å²) in [6.45, 7) is 5.85. The van der Waals surface area contributed by atoms with Crippen molar-refractivity contribution in [2.75, 3.05) is 50.8 Å². The van der Waals surface area contributed by atoms with E-state index >= 15 is 0 Å². The van der Waals surface area contributed by atoms with Crippen LogP contribution >= 0.6 is 11.6 Å². The lowest BCUT2D eigenvalue weighted by atomic mass is 10.3. The van der Waals surface area contributed by atoms with E-state index in [9.17, 15) is 0 Å². The van der Waals surface area contributed by atoms with Gasteiger partial charge in [-0.25, -0.2) is 0 Å². The van der Waals surface area contributed by atoms with Gasteiger partial charge in [-0.15, -0.1) is 0 Å². The Labute approximate surface area is 116 Å². The molecule has 1 aromatic heterocycles. The van der Waals surface area contributed by atoms with Crippen LogP contribution in [0.3, 0.4) is 0 Å². The molecule has 1 unspecified atom stereocenters. The summed E-state index contributed by atoms with van der Waals surface area (Å²) in [5, 5.41) is 6.79. The van der Waals surface area contributed by atoms with Crippen LogP contribution in [0, 0.1) is 0 Å². The Morgan fingerprint density at radius 1 is 1.11 bits per heavy atom. The van der Waals surface area contributed by atoms with E-state index in [-0.39, 0.29) is 11.4 Å². The van der Waals surface area contributed by atoms with Crippen LogP contribution in [0.15, 0.2) is 0 Å². The zero-order valence-corrected chi connectivity index (χ0v) is 11.4. The average molecular weight is 285 g/mol. The molecule has 0 bridgehead atoms. The number of ether oxygens (including phenoxy) is 1. The average Bonchev–Trinajstić information content (AvgIpc) is 2.48. The smallest absolute Gasteiger partial charge is 0.230 e. The highest BCUT2D eigenvalue weighted by Crippen LogP contribution is 2.19. The van der Waals surface area contributed by atoms with E-state index in [1.165, 1.54) is 0 Å². The number of hydrogen-bond donors (Lipinski definition) is 2. The van der Waals surface area contributed by atoms with Crippen molar-refractivity contribution in [3.05, 3.63) is 11.1 Å². The van der Waals surface area contributed by atoms with Crippen LogP contribution in [0.1, 0.15) is 11.9 Å². The van der Waals surface area contributed by atoms with Crippen molar-refractivity contribution < 1.29 is 4.74 Å².